The molecule has 1 aromatic heterocycles. The number of ether oxygens (including phenoxy) is 2. The molecule has 3 rings (SSSR count). The highest BCUT2D eigenvalue weighted by molar-refractivity contribution is 7.91. The summed E-state index contributed by atoms with van der Waals surface area (Å²) in [7, 11) is -2.64. The SMILES string of the molecule is COC(=O)[C@@H]1C[C@@H](S(=O)(=O)c2ncc[nH]2)CN1C(=O)OCc1ccccc1. The molecule has 1 fully saturated rings. The molecule has 0 saturated carbocycles. The van der Waals surface area contributed by atoms with E-state index in [0.717, 1.165) is 10.5 Å². The van der Waals surface area contributed by atoms with Gasteiger partial charge in [-0.05, 0) is 12.0 Å². The maximum atomic E-state index is 12.7. The van der Waals surface area contributed by atoms with Crippen LogP contribution in [0.25, 0.3) is 0 Å². The van der Waals surface area contributed by atoms with E-state index in [9.17, 15) is 18.0 Å². The molecule has 2 heterocycles. The molecule has 1 aliphatic rings. The molecule has 0 spiro atoms. The van der Waals surface area contributed by atoms with Crippen molar-refractivity contribution in [3.63, 3.8) is 0 Å². The monoisotopic (exact) mass is 393 g/mol. The van der Waals surface area contributed by atoms with Gasteiger partial charge in [-0.1, -0.05) is 30.3 Å². The van der Waals surface area contributed by atoms with Crippen molar-refractivity contribution in [3.8, 4) is 0 Å². The first-order chi connectivity index (χ1) is 12.9. The molecule has 10 heteroatoms. The largest absolute Gasteiger partial charge is 0.467 e. The fraction of sp³-hybridized carbons (Fsp3) is 0.353. The number of carbonyl (C=O) groups excluding carboxylic acids is 2. The third-order valence-corrected chi connectivity index (χ3v) is 6.34. The van der Waals surface area contributed by atoms with Crippen LogP contribution in [0.5, 0.6) is 0 Å². The van der Waals surface area contributed by atoms with Crippen LogP contribution in [-0.2, 0) is 30.7 Å². The maximum absolute atomic E-state index is 12.7. The molecule has 1 saturated heterocycles. The number of imidazole rings is 1. The maximum Gasteiger partial charge on any atom is 0.410 e. The lowest BCUT2D eigenvalue weighted by Gasteiger charge is -2.21. The fourth-order valence-corrected chi connectivity index (χ4v) is 4.50. The number of H-pyrrole nitrogens is 1. The van der Waals surface area contributed by atoms with Crippen LogP contribution < -0.4 is 0 Å². The Morgan fingerprint density at radius 3 is 2.67 bits per heavy atom. The van der Waals surface area contributed by atoms with Gasteiger partial charge in [-0.15, -0.1) is 0 Å². The quantitative estimate of drug-likeness (QED) is 0.757. The van der Waals surface area contributed by atoms with Crippen molar-refractivity contribution >= 4 is 21.9 Å². The van der Waals surface area contributed by atoms with Gasteiger partial charge in [0.15, 0.2) is 0 Å². The van der Waals surface area contributed by atoms with E-state index in [2.05, 4.69) is 9.97 Å². The first kappa shape index (κ1) is 18.9. The number of amides is 1. The van der Waals surface area contributed by atoms with E-state index in [1.807, 2.05) is 18.2 Å². The number of benzene rings is 1. The van der Waals surface area contributed by atoms with Gasteiger partial charge in [0, 0.05) is 18.9 Å². The number of hydrogen-bond acceptors (Lipinski definition) is 7. The molecular weight excluding hydrogens is 374 g/mol. The molecular formula is C17H19N3O6S. The van der Waals surface area contributed by atoms with E-state index in [1.54, 1.807) is 12.1 Å². The molecule has 1 aliphatic heterocycles. The number of sulfone groups is 1. The van der Waals surface area contributed by atoms with Gasteiger partial charge in [-0.2, -0.15) is 0 Å². The second-order valence-corrected chi connectivity index (χ2v) is 8.17. The summed E-state index contributed by atoms with van der Waals surface area (Å²) in [5, 5.41) is -1.19. The highest BCUT2D eigenvalue weighted by atomic mass is 32.2. The summed E-state index contributed by atoms with van der Waals surface area (Å²) in [6, 6.07) is 8.00. The Labute approximate surface area is 156 Å². The summed E-state index contributed by atoms with van der Waals surface area (Å²) in [6.07, 6.45) is 1.86. The van der Waals surface area contributed by atoms with Crippen LogP contribution in [0.3, 0.4) is 0 Å². The van der Waals surface area contributed by atoms with Crippen LogP contribution in [0.2, 0.25) is 0 Å². The summed E-state index contributed by atoms with van der Waals surface area (Å²) in [5.41, 5.74) is 0.777. The zero-order valence-electron chi connectivity index (χ0n) is 14.6. The predicted molar refractivity (Wildman–Crippen MR) is 93.3 cm³/mol. The third kappa shape index (κ3) is 3.95. The number of aromatic amines is 1. The minimum absolute atomic E-state index is 0.0136. The number of aromatic nitrogens is 2. The van der Waals surface area contributed by atoms with Crippen LogP contribution >= 0.6 is 0 Å². The van der Waals surface area contributed by atoms with Crippen LogP contribution in [0.15, 0.2) is 47.9 Å². The molecule has 27 heavy (non-hydrogen) atoms. The van der Waals surface area contributed by atoms with Crippen molar-refractivity contribution in [1.82, 2.24) is 14.9 Å². The lowest BCUT2D eigenvalue weighted by molar-refractivity contribution is -0.145. The number of likely N-dealkylation sites (tertiary alicyclic amines) is 1. The normalized spacial score (nSPS) is 19.7. The Bertz CT molecular complexity index is 898. The van der Waals surface area contributed by atoms with E-state index in [-0.39, 0.29) is 24.7 Å². The number of nitrogens with one attached hydrogen (secondary N) is 1. The minimum atomic E-state index is -3.83. The van der Waals surface area contributed by atoms with E-state index >= 15 is 0 Å². The molecule has 0 radical (unpaired) electrons. The number of nitrogens with zero attached hydrogens (tertiary/aromatic N) is 2. The van der Waals surface area contributed by atoms with Crippen molar-refractivity contribution in [3.05, 3.63) is 48.3 Å². The molecule has 1 aromatic carbocycles. The van der Waals surface area contributed by atoms with Crippen molar-refractivity contribution in [2.75, 3.05) is 13.7 Å². The van der Waals surface area contributed by atoms with Crippen molar-refractivity contribution < 1.29 is 27.5 Å². The highest BCUT2D eigenvalue weighted by Gasteiger charge is 2.47. The molecule has 0 bridgehead atoms. The fourth-order valence-electron chi connectivity index (χ4n) is 2.95. The molecule has 1 N–H and O–H groups in total. The average Bonchev–Trinajstić information content (AvgIpc) is 3.36. The Morgan fingerprint density at radius 1 is 1.30 bits per heavy atom. The third-order valence-electron chi connectivity index (χ3n) is 4.36. The van der Waals surface area contributed by atoms with Crippen LogP contribution in [0.1, 0.15) is 12.0 Å². The van der Waals surface area contributed by atoms with E-state index in [0.29, 0.717) is 0 Å². The molecule has 1 amide bonds. The summed E-state index contributed by atoms with van der Waals surface area (Å²) in [4.78, 5) is 32.0. The second-order valence-electron chi connectivity index (χ2n) is 6.03. The van der Waals surface area contributed by atoms with Gasteiger partial charge in [0.25, 0.3) is 0 Å². The Hall–Kier alpha value is -2.88. The van der Waals surface area contributed by atoms with Crippen LogP contribution in [0.4, 0.5) is 4.79 Å². The van der Waals surface area contributed by atoms with Gasteiger partial charge in [-0.3, -0.25) is 4.90 Å². The Kier molecular flexibility index (Phi) is 5.45. The number of carbonyl (C=O) groups is 2. The standard InChI is InChI=1S/C17H19N3O6S/c1-25-15(21)14-9-13(27(23,24)16-18-7-8-19-16)10-20(14)17(22)26-11-12-5-3-2-4-6-12/h2-8,13-14H,9-11H2,1H3,(H,18,19)/t13-,14+/m1/s1. The van der Waals surface area contributed by atoms with Gasteiger partial charge < -0.3 is 14.5 Å². The van der Waals surface area contributed by atoms with E-state index in [1.165, 1.54) is 19.5 Å². The minimum Gasteiger partial charge on any atom is -0.467 e. The van der Waals surface area contributed by atoms with Crippen molar-refractivity contribution in [2.45, 2.75) is 29.5 Å². The van der Waals surface area contributed by atoms with Crippen molar-refractivity contribution in [2.24, 2.45) is 0 Å². The summed E-state index contributed by atoms with van der Waals surface area (Å²) in [5.74, 6) is -0.691. The smallest absolute Gasteiger partial charge is 0.410 e. The topological polar surface area (TPSA) is 119 Å². The van der Waals surface area contributed by atoms with Gasteiger partial charge in [-0.25, -0.2) is 23.0 Å². The number of esters is 1. The summed E-state index contributed by atoms with van der Waals surface area (Å²) in [6.45, 7) is -0.171. The molecule has 9 nitrogen and oxygen atoms in total. The molecule has 2 aromatic rings. The summed E-state index contributed by atoms with van der Waals surface area (Å²) >= 11 is 0. The average molecular weight is 393 g/mol. The van der Waals surface area contributed by atoms with Gasteiger partial charge in [0.1, 0.15) is 12.6 Å². The predicted octanol–water partition coefficient (Wildman–Crippen LogP) is 1.14. The first-order valence-corrected chi connectivity index (χ1v) is 9.76. The summed E-state index contributed by atoms with van der Waals surface area (Å²) < 4.78 is 35.3. The number of rotatable bonds is 5. The number of methoxy groups -OCH3 is 1. The van der Waals surface area contributed by atoms with Crippen LogP contribution in [0, 0.1) is 0 Å². The van der Waals surface area contributed by atoms with Gasteiger partial charge >= 0.3 is 12.1 Å². The first-order valence-electron chi connectivity index (χ1n) is 8.22. The Morgan fingerprint density at radius 2 is 2.04 bits per heavy atom. The van der Waals surface area contributed by atoms with Gasteiger partial charge in [0.2, 0.25) is 15.0 Å². The van der Waals surface area contributed by atoms with E-state index in [4.69, 9.17) is 9.47 Å². The molecule has 0 aliphatic carbocycles. The second kappa shape index (κ2) is 7.78. The lowest BCUT2D eigenvalue weighted by Crippen LogP contribution is -2.41. The lowest BCUT2D eigenvalue weighted by atomic mass is 10.2. The van der Waals surface area contributed by atoms with Crippen molar-refractivity contribution in [1.29, 1.82) is 0 Å². The zero-order valence-corrected chi connectivity index (χ0v) is 15.4. The molecule has 2 atom stereocenters. The highest BCUT2D eigenvalue weighted by Crippen LogP contribution is 2.28. The number of hydrogen-bond donors (Lipinski definition) is 1. The van der Waals surface area contributed by atoms with Gasteiger partial charge in [0.05, 0.1) is 12.4 Å². The molecule has 0 unspecified atom stereocenters. The molecule has 144 valence electrons. The Balaban J connectivity index is 1.76. The van der Waals surface area contributed by atoms with E-state index < -0.39 is 33.2 Å². The van der Waals surface area contributed by atoms with Crippen LogP contribution in [-0.4, -0.2) is 60.3 Å². The zero-order chi connectivity index (χ0) is 19.4.